The van der Waals surface area contributed by atoms with E-state index in [0.717, 1.165) is 31.7 Å². The van der Waals surface area contributed by atoms with Gasteiger partial charge in [-0.2, -0.15) is 0 Å². The molecule has 4 aromatic rings. The number of thioether (sulfide) groups is 2. The van der Waals surface area contributed by atoms with Gasteiger partial charge in [0.05, 0.1) is 21.4 Å². The van der Waals surface area contributed by atoms with E-state index in [1.165, 1.54) is 4.90 Å². The van der Waals surface area contributed by atoms with Gasteiger partial charge in [0.15, 0.2) is 0 Å². The standard InChI is InChI=1S/C31H32Cl2N6S4/c1-35-31(39(3)21-9-7-11-23(17-21)41-5)37-29-19-25(13-15-27(29)33)43-42-24-12-14-26(32)28(18-24)36-30(34)38(2)20-8-6-10-22(16-20)40-4/h6-19H,1-5H3,(H2,34,36)(H,35,37). The van der Waals surface area contributed by atoms with E-state index in [4.69, 9.17) is 28.9 Å². The monoisotopic (exact) mass is 686 g/mol. The summed E-state index contributed by atoms with van der Waals surface area (Å²) in [6, 6.07) is 28.1. The van der Waals surface area contributed by atoms with Crippen molar-refractivity contribution in [2.75, 3.05) is 48.8 Å². The Balaban J connectivity index is 1.47. The van der Waals surface area contributed by atoms with Gasteiger partial charge in [0.1, 0.15) is 0 Å². The van der Waals surface area contributed by atoms with Gasteiger partial charge in [-0.1, -0.05) is 56.9 Å². The summed E-state index contributed by atoms with van der Waals surface area (Å²) >= 11 is 16.5. The Morgan fingerprint density at radius 1 is 0.721 bits per heavy atom. The lowest BCUT2D eigenvalue weighted by molar-refractivity contribution is 1.20. The summed E-state index contributed by atoms with van der Waals surface area (Å²) in [7, 11) is 8.83. The fourth-order valence-corrected chi connectivity index (χ4v) is 7.08. The molecule has 0 amide bonds. The predicted octanol–water partition coefficient (Wildman–Crippen LogP) is 9.85. The SMILES string of the molecule is CN=C(Nc1cc(SSc2ccc(Cl)c(N=C(N)N(C)c3cccc(SC)c3)c2)ccc1Cl)N(C)c1cccc(SC)c1. The molecule has 0 saturated heterocycles. The Bertz CT molecular complexity index is 1630. The van der Waals surface area contributed by atoms with Crippen molar-refractivity contribution in [2.45, 2.75) is 19.6 Å². The topological polar surface area (TPSA) is 69.2 Å². The fourth-order valence-electron chi connectivity index (χ4n) is 3.88. The number of hydrogen-bond donors (Lipinski definition) is 2. The summed E-state index contributed by atoms with van der Waals surface area (Å²) < 4.78 is 0. The molecule has 4 aromatic carbocycles. The number of nitrogens with zero attached hydrogens (tertiary/aromatic N) is 4. The number of hydrogen-bond acceptors (Lipinski definition) is 6. The summed E-state index contributed by atoms with van der Waals surface area (Å²) in [5, 5.41) is 4.53. The van der Waals surface area contributed by atoms with Crippen LogP contribution in [0.4, 0.5) is 22.7 Å². The minimum absolute atomic E-state index is 0.349. The molecule has 0 heterocycles. The van der Waals surface area contributed by atoms with E-state index < -0.39 is 0 Å². The van der Waals surface area contributed by atoms with E-state index in [1.54, 1.807) is 52.2 Å². The van der Waals surface area contributed by atoms with Crippen LogP contribution in [0.2, 0.25) is 10.0 Å². The first kappa shape index (κ1) is 33.3. The number of halogens is 2. The molecule has 0 aliphatic heterocycles. The summed E-state index contributed by atoms with van der Waals surface area (Å²) in [6.45, 7) is 0. The minimum atomic E-state index is 0.349. The second-order valence-corrected chi connectivity index (χ2v) is 13.9. The molecule has 0 fully saturated rings. The lowest BCUT2D eigenvalue weighted by atomic mass is 10.3. The molecule has 0 aliphatic rings. The third kappa shape index (κ3) is 8.97. The first-order chi connectivity index (χ1) is 20.7. The number of anilines is 3. The predicted molar refractivity (Wildman–Crippen MR) is 196 cm³/mol. The van der Waals surface area contributed by atoms with E-state index in [1.807, 2.05) is 84.7 Å². The summed E-state index contributed by atoms with van der Waals surface area (Å²) in [5.41, 5.74) is 9.73. The van der Waals surface area contributed by atoms with Gasteiger partial charge in [-0.3, -0.25) is 4.99 Å². The Morgan fingerprint density at radius 2 is 1.28 bits per heavy atom. The second kappa shape index (κ2) is 15.9. The molecule has 6 nitrogen and oxygen atoms in total. The van der Waals surface area contributed by atoms with Gasteiger partial charge in [-0.25, -0.2) is 4.99 Å². The van der Waals surface area contributed by atoms with Crippen LogP contribution >= 0.6 is 68.3 Å². The molecule has 12 heteroatoms. The van der Waals surface area contributed by atoms with E-state index in [-0.39, 0.29) is 0 Å². The summed E-state index contributed by atoms with van der Waals surface area (Å²) in [4.78, 5) is 17.3. The number of rotatable bonds is 9. The van der Waals surface area contributed by atoms with Crippen LogP contribution in [0.25, 0.3) is 0 Å². The molecule has 4 rings (SSSR count). The summed E-state index contributed by atoms with van der Waals surface area (Å²) in [6.07, 6.45) is 4.10. The van der Waals surface area contributed by atoms with Gasteiger partial charge in [0.25, 0.3) is 0 Å². The Morgan fingerprint density at radius 3 is 1.86 bits per heavy atom. The van der Waals surface area contributed by atoms with Crippen molar-refractivity contribution in [1.82, 2.24) is 0 Å². The quantitative estimate of drug-likeness (QED) is 0.0780. The van der Waals surface area contributed by atoms with Crippen LogP contribution < -0.4 is 20.9 Å². The van der Waals surface area contributed by atoms with Crippen LogP contribution in [0.1, 0.15) is 0 Å². The molecule has 0 spiro atoms. The largest absolute Gasteiger partial charge is 0.369 e. The van der Waals surface area contributed by atoms with Gasteiger partial charge >= 0.3 is 0 Å². The maximum atomic E-state index is 6.58. The Kier molecular flexibility index (Phi) is 12.3. The normalized spacial score (nSPS) is 11.9. The Hall–Kier alpha value is -2.60. The van der Waals surface area contributed by atoms with Crippen LogP contribution in [0.15, 0.2) is 114 Å². The van der Waals surface area contributed by atoms with E-state index in [0.29, 0.717) is 27.7 Å². The van der Waals surface area contributed by atoms with Crippen molar-refractivity contribution < 1.29 is 0 Å². The molecule has 0 aromatic heterocycles. The van der Waals surface area contributed by atoms with Crippen LogP contribution in [-0.2, 0) is 0 Å². The molecular weight excluding hydrogens is 656 g/mol. The van der Waals surface area contributed by atoms with Gasteiger partial charge < -0.3 is 20.9 Å². The molecule has 0 radical (unpaired) electrons. The maximum Gasteiger partial charge on any atom is 0.202 e. The molecule has 43 heavy (non-hydrogen) atoms. The average Bonchev–Trinajstić information content (AvgIpc) is 3.04. The van der Waals surface area contributed by atoms with Crippen LogP contribution in [0, 0.1) is 0 Å². The van der Waals surface area contributed by atoms with E-state index >= 15 is 0 Å². The molecule has 0 bridgehead atoms. The zero-order chi connectivity index (χ0) is 30.9. The molecule has 0 aliphatic carbocycles. The van der Waals surface area contributed by atoms with Gasteiger partial charge in [0.2, 0.25) is 11.9 Å². The lowest BCUT2D eigenvalue weighted by Crippen LogP contribution is -2.33. The maximum absolute atomic E-state index is 6.58. The highest BCUT2D eigenvalue weighted by atomic mass is 35.5. The number of benzene rings is 4. The van der Waals surface area contributed by atoms with Crippen molar-refractivity contribution in [1.29, 1.82) is 0 Å². The van der Waals surface area contributed by atoms with Crippen LogP contribution in [0.3, 0.4) is 0 Å². The zero-order valence-electron chi connectivity index (χ0n) is 24.3. The highest BCUT2D eigenvalue weighted by Crippen LogP contribution is 2.42. The minimum Gasteiger partial charge on any atom is -0.369 e. The lowest BCUT2D eigenvalue weighted by Gasteiger charge is -2.23. The van der Waals surface area contributed by atoms with Crippen molar-refractivity contribution in [3.8, 4) is 0 Å². The number of aliphatic imine (C=N–C) groups is 2. The number of guanidine groups is 2. The van der Waals surface area contributed by atoms with Crippen molar-refractivity contribution >= 4 is 103 Å². The smallest absolute Gasteiger partial charge is 0.202 e. The number of nitrogens with one attached hydrogen (secondary N) is 1. The summed E-state index contributed by atoms with van der Waals surface area (Å²) in [5.74, 6) is 1.03. The molecule has 0 saturated carbocycles. The van der Waals surface area contributed by atoms with Crippen LogP contribution in [-0.4, -0.2) is 45.6 Å². The fraction of sp³-hybridized carbons (Fsp3) is 0.161. The first-order valence-electron chi connectivity index (χ1n) is 13.0. The second-order valence-electron chi connectivity index (χ2n) is 9.08. The van der Waals surface area contributed by atoms with E-state index in [9.17, 15) is 0 Å². The first-order valence-corrected chi connectivity index (χ1v) is 18.3. The Labute approximate surface area is 280 Å². The van der Waals surface area contributed by atoms with Gasteiger partial charge in [0, 0.05) is 52.1 Å². The zero-order valence-corrected chi connectivity index (χ0v) is 29.1. The highest BCUT2D eigenvalue weighted by Gasteiger charge is 2.13. The van der Waals surface area contributed by atoms with Crippen molar-refractivity contribution in [3.05, 3.63) is 95.0 Å². The van der Waals surface area contributed by atoms with Gasteiger partial charge in [-0.15, -0.1) is 23.5 Å². The average molecular weight is 688 g/mol. The van der Waals surface area contributed by atoms with Crippen LogP contribution in [0.5, 0.6) is 0 Å². The molecular formula is C31H32Cl2N6S4. The van der Waals surface area contributed by atoms with Crippen molar-refractivity contribution in [3.63, 3.8) is 0 Å². The third-order valence-electron chi connectivity index (χ3n) is 6.33. The van der Waals surface area contributed by atoms with Crippen molar-refractivity contribution in [2.24, 2.45) is 15.7 Å². The molecule has 0 unspecified atom stereocenters. The molecule has 3 N–H and O–H groups in total. The third-order valence-corrected chi connectivity index (χ3v) is 10.8. The van der Waals surface area contributed by atoms with Gasteiger partial charge in [-0.05, 0) is 85.3 Å². The number of nitrogens with two attached hydrogens (primary N) is 1. The molecule has 224 valence electrons. The van der Waals surface area contributed by atoms with E-state index in [2.05, 4.69) is 51.9 Å². The molecule has 0 atom stereocenters. The highest BCUT2D eigenvalue weighted by molar-refractivity contribution is 8.76.